The molecule has 1 atom stereocenters. The molecule has 1 saturated heterocycles. The maximum atomic E-state index is 13.3. The minimum Gasteiger partial charge on any atom is -0.468 e. The van der Waals surface area contributed by atoms with Crippen molar-refractivity contribution in [2.24, 2.45) is 0 Å². The van der Waals surface area contributed by atoms with Crippen LogP contribution in [0.3, 0.4) is 0 Å². The predicted molar refractivity (Wildman–Crippen MR) is 115 cm³/mol. The topological polar surface area (TPSA) is 76.1 Å². The van der Waals surface area contributed by atoms with Crippen LogP contribution in [0.25, 0.3) is 0 Å². The molecule has 1 fully saturated rings. The van der Waals surface area contributed by atoms with Crippen molar-refractivity contribution in [1.29, 1.82) is 0 Å². The number of hydrogen-bond acceptors (Lipinski definition) is 7. The summed E-state index contributed by atoms with van der Waals surface area (Å²) in [5, 5.41) is 12.6. The molecule has 4 aromatic rings. The minimum absolute atomic E-state index is 0.0980. The number of benzene rings is 1. The predicted octanol–water partition coefficient (Wildman–Crippen LogP) is 2.76. The Kier molecular flexibility index (Phi) is 6.00. The Morgan fingerprint density at radius 1 is 0.938 bits per heavy atom. The van der Waals surface area contributed by atoms with Gasteiger partial charge in [0.15, 0.2) is 5.82 Å². The Labute approximate surface area is 185 Å². The summed E-state index contributed by atoms with van der Waals surface area (Å²) in [4.78, 5) is 8.97. The molecule has 4 heterocycles. The summed E-state index contributed by atoms with van der Waals surface area (Å²) in [6.07, 6.45) is 5.30. The van der Waals surface area contributed by atoms with E-state index in [-0.39, 0.29) is 11.9 Å². The van der Waals surface area contributed by atoms with Gasteiger partial charge in [0.25, 0.3) is 0 Å². The molecule has 9 heteroatoms. The fraction of sp³-hybridized carbons (Fsp3) is 0.304. The Bertz CT molecular complexity index is 1110. The van der Waals surface area contributed by atoms with Crippen LogP contribution >= 0.6 is 0 Å². The first-order valence-electron chi connectivity index (χ1n) is 10.7. The van der Waals surface area contributed by atoms with Gasteiger partial charge in [-0.2, -0.15) is 0 Å². The van der Waals surface area contributed by atoms with Crippen LogP contribution in [0.15, 0.2) is 71.6 Å². The Morgan fingerprint density at radius 3 is 2.44 bits per heavy atom. The number of nitrogens with zero attached hydrogens (tertiary/aromatic N) is 7. The third-order valence-electron chi connectivity index (χ3n) is 5.80. The van der Waals surface area contributed by atoms with Gasteiger partial charge in [0.2, 0.25) is 0 Å². The van der Waals surface area contributed by atoms with Gasteiger partial charge in [-0.3, -0.25) is 14.8 Å². The molecule has 0 saturated carbocycles. The SMILES string of the molecule is Fc1ccc(Cn2nnnc2C(c2ccncc2)N2CCN(Cc3ccco3)CC2)cc1. The Morgan fingerprint density at radius 2 is 1.72 bits per heavy atom. The molecular weight excluding hydrogens is 409 g/mol. The summed E-state index contributed by atoms with van der Waals surface area (Å²) >= 11 is 0. The number of tetrazole rings is 1. The molecule has 5 rings (SSSR count). The van der Waals surface area contributed by atoms with Crippen molar-refractivity contribution >= 4 is 0 Å². The highest BCUT2D eigenvalue weighted by molar-refractivity contribution is 5.24. The van der Waals surface area contributed by atoms with Crippen molar-refractivity contribution in [3.05, 3.63) is 95.7 Å². The number of hydrogen-bond donors (Lipinski definition) is 0. The molecule has 0 spiro atoms. The largest absolute Gasteiger partial charge is 0.468 e. The van der Waals surface area contributed by atoms with E-state index in [4.69, 9.17) is 4.42 Å². The van der Waals surface area contributed by atoms with Crippen molar-refractivity contribution in [3.63, 3.8) is 0 Å². The lowest BCUT2D eigenvalue weighted by Crippen LogP contribution is -2.47. The smallest absolute Gasteiger partial charge is 0.173 e. The summed E-state index contributed by atoms with van der Waals surface area (Å²) in [5.74, 6) is 1.49. The maximum Gasteiger partial charge on any atom is 0.173 e. The molecule has 1 unspecified atom stereocenters. The molecule has 0 aliphatic carbocycles. The van der Waals surface area contributed by atoms with E-state index >= 15 is 0 Å². The van der Waals surface area contributed by atoms with Crippen LogP contribution in [0.5, 0.6) is 0 Å². The summed E-state index contributed by atoms with van der Waals surface area (Å²) in [7, 11) is 0. The number of aromatic nitrogens is 5. The molecular formula is C23H24FN7O. The van der Waals surface area contributed by atoms with Crippen LogP contribution in [-0.2, 0) is 13.1 Å². The molecule has 0 bridgehead atoms. The number of halogens is 1. The second kappa shape index (κ2) is 9.37. The highest BCUT2D eigenvalue weighted by atomic mass is 19.1. The molecule has 0 radical (unpaired) electrons. The van der Waals surface area contributed by atoms with E-state index in [1.54, 1.807) is 35.5 Å². The van der Waals surface area contributed by atoms with E-state index < -0.39 is 0 Å². The van der Waals surface area contributed by atoms with Crippen LogP contribution < -0.4 is 0 Å². The summed E-state index contributed by atoms with van der Waals surface area (Å²) in [6.45, 7) is 4.86. The molecule has 0 N–H and O–H groups in total. The number of piperazine rings is 1. The first-order valence-corrected chi connectivity index (χ1v) is 10.7. The molecule has 1 aliphatic heterocycles. The van der Waals surface area contributed by atoms with E-state index in [2.05, 4.69) is 30.3 Å². The van der Waals surface area contributed by atoms with Gasteiger partial charge in [-0.25, -0.2) is 9.07 Å². The zero-order chi connectivity index (χ0) is 21.8. The van der Waals surface area contributed by atoms with Crippen LogP contribution in [0.1, 0.15) is 28.8 Å². The molecule has 1 aromatic carbocycles. The van der Waals surface area contributed by atoms with Crippen LogP contribution in [0.4, 0.5) is 4.39 Å². The molecule has 164 valence electrons. The van der Waals surface area contributed by atoms with Gasteiger partial charge in [-0.1, -0.05) is 12.1 Å². The van der Waals surface area contributed by atoms with Gasteiger partial charge >= 0.3 is 0 Å². The summed E-state index contributed by atoms with van der Waals surface area (Å²) in [6, 6.07) is 14.3. The van der Waals surface area contributed by atoms with Gasteiger partial charge in [0, 0.05) is 38.6 Å². The van der Waals surface area contributed by atoms with E-state index in [0.717, 1.165) is 55.4 Å². The molecule has 0 amide bonds. The Balaban J connectivity index is 1.37. The van der Waals surface area contributed by atoms with Crippen LogP contribution in [0.2, 0.25) is 0 Å². The average Bonchev–Trinajstić information content (AvgIpc) is 3.50. The van der Waals surface area contributed by atoms with Crippen molar-refractivity contribution < 1.29 is 8.81 Å². The number of furan rings is 1. The Hall–Kier alpha value is -3.43. The highest BCUT2D eigenvalue weighted by Crippen LogP contribution is 2.28. The van der Waals surface area contributed by atoms with E-state index in [0.29, 0.717) is 6.54 Å². The average molecular weight is 433 g/mol. The van der Waals surface area contributed by atoms with Crippen molar-refractivity contribution in [2.45, 2.75) is 19.1 Å². The molecule has 1 aliphatic rings. The van der Waals surface area contributed by atoms with Crippen LogP contribution in [-0.4, -0.2) is 61.2 Å². The maximum absolute atomic E-state index is 13.3. The summed E-state index contributed by atoms with van der Waals surface area (Å²) in [5.41, 5.74) is 2.03. The first kappa shape index (κ1) is 20.5. The number of rotatable bonds is 7. The van der Waals surface area contributed by atoms with Gasteiger partial charge in [-0.05, 0) is 58.0 Å². The number of pyridine rings is 1. The zero-order valence-electron chi connectivity index (χ0n) is 17.6. The fourth-order valence-electron chi connectivity index (χ4n) is 4.15. The fourth-order valence-corrected chi connectivity index (χ4v) is 4.15. The molecule has 3 aromatic heterocycles. The second-order valence-corrected chi connectivity index (χ2v) is 7.90. The van der Waals surface area contributed by atoms with Gasteiger partial charge in [0.05, 0.1) is 25.4 Å². The van der Waals surface area contributed by atoms with Gasteiger partial charge in [0.1, 0.15) is 11.6 Å². The zero-order valence-corrected chi connectivity index (χ0v) is 17.6. The van der Waals surface area contributed by atoms with Crippen molar-refractivity contribution in [2.75, 3.05) is 26.2 Å². The van der Waals surface area contributed by atoms with Gasteiger partial charge < -0.3 is 4.42 Å². The van der Waals surface area contributed by atoms with Crippen molar-refractivity contribution in [1.82, 2.24) is 35.0 Å². The summed E-state index contributed by atoms with van der Waals surface area (Å²) < 4.78 is 20.6. The minimum atomic E-state index is -0.257. The van der Waals surface area contributed by atoms with Crippen molar-refractivity contribution in [3.8, 4) is 0 Å². The third-order valence-corrected chi connectivity index (χ3v) is 5.80. The highest BCUT2D eigenvalue weighted by Gasteiger charge is 2.30. The normalized spacial score (nSPS) is 16.3. The lowest BCUT2D eigenvalue weighted by molar-refractivity contribution is 0.0956. The van der Waals surface area contributed by atoms with Crippen LogP contribution in [0, 0.1) is 5.82 Å². The molecule has 8 nitrogen and oxygen atoms in total. The first-order chi connectivity index (χ1) is 15.8. The second-order valence-electron chi connectivity index (χ2n) is 7.90. The van der Waals surface area contributed by atoms with E-state index in [1.807, 2.05) is 24.3 Å². The lowest BCUT2D eigenvalue weighted by Gasteiger charge is -2.38. The monoisotopic (exact) mass is 433 g/mol. The third kappa shape index (κ3) is 4.58. The standard InChI is InChI=1S/C23H24FN7O/c24-20-5-3-18(4-6-20)16-31-23(26-27-28-31)22(19-7-9-25-10-8-19)30-13-11-29(12-14-30)17-21-2-1-15-32-21/h1-10,15,22H,11-14,16-17H2. The van der Waals surface area contributed by atoms with Gasteiger partial charge in [-0.15, -0.1) is 5.10 Å². The van der Waals surface area contributed by atoms with E-state index in [1.165, 1.54) is 12.1 Å². The molecule has 32 heavy (non-hydrogen) atoms. The van der Waals surface area contributed by atoms with E-state index in [9.17, 15) is 4.39 Å². The lowest BCUT2D eigenvalue weighted by atomic mass is 10.0. The quantitative estimate of drug-likeness (QED) is 0.444.